The number of methoxy groups -OCH3 is 1. The van der Waals surface area contributed by atoms with Crippen molar-refractivity contribution in [2.75, 3.05) is 7.11 Å². The van der Waals surface area contributed by atoms with E-state index in [1.165, 1.54) is 6.42 Å². The van der Waals surface area contributed by atoms with E-state index in [2.05, 4.69) is 0 Å². The number of hydrogen-bond donors (Lipinski definition) is 0. The second-order valence-electron chi connectivity index (χ2n) is 3.84. The highest BCUT2D eigenvalue weighted by Crippen LogP contribution is 2.32. The summed E-state index contributed by atoms with van der Waals surface area (Å²) in [5, 5.41) is 0.502. The van der Waals surface area contributed by atoms with Crippen LogP contribution in [0.3, 0.4) is 0 Å². The lowest BCUT2D eigenvalue weighted by atomic mass is 9.80. The molecule has 2 nitrogen and oxygen atoms in total. The molecule has 0 N–H and O–H groups in total. The molecule has 1 aliphatic carbocycles. The van der Waals surface area contributed by atoms with Crippen molar-refractivity contribution >= 4 is 17.4 Å². The molecule has 1 aromatic rings. The maximum Gasteiger partial charge on any atom is 0.165 e. The van der Waals surface area contributed by atoms with Crippen LogP contribution in [0.1, 0.15) is 29.6 Å². The summed E-state index contributed by atoms with van der Waals surface area (Å²) in [6.45, 7) is 0. The number of ether oxygens (including phenoxy) is 1. The van der Waals surface area contributed by atoms with Gasteiger partial charge < -0.3 is 4.74 Å². The Morgan fingerprint density at radius 1 is 1.47 bits per heavy atom. The van der Waals surface area contributed by atoms with Crippen LogP contribution in [0.2, 0.25) is 5.02 Å². The molecule has 0 spiro atoms. The predicted molar refractivity (Wildman–Crippen MR) is 59.7 cm³/mol. The third kappa shape index (κ3) is 2.00. The van der Waals surface area contributed by atoms with Gasteiger partial charge in [-0.15, -0.1) is 0 Å². The van der Waals surface area contributed by atoms with E-state index in [0.29, 0.717) is 16.3 Å². The van der Waals surface area contributed by atoms with Crippen molar-refractivity contribution in [3.63, 3.8) is 0 Å². The van der Waals surface area contributed by atoms with E-state index in [9.17, 15) is 4.79 Å². The summed E-state index contributed by atoms with van der Waals surface area (Å²) in [6, 6.07) is 5.22. The van der Waals surface area contributed by atoms with Crippen molar-refractivity contribution in [3.8, 4) is 5.75 Å². The fraction of sp³-hybridized carbons (Fsp3) is 0.417. The van der Waals surface area contributed by atoms with Crippen LogP contribution in [-0.2, 0) is 0 Å². The Kier molecular flexibility index (Phi) is 2.96. The van der Waals surface area contributed by atoms with Gasteiger partial charge in [0.2, 0.25) is 0 Å². The van der Waals surface area contributed by atoms with Crippen LogP contribution in [0.25, 0.3) is 0 Å². The van der Waals surface area contributed by atoms with Crippen LogP contribution in [0.5, 0.6) is 5.75 Å². The summed E-state index contributed by atoms with van der Waals surface area (Å²) in [5.74, 6) is 1.04. The molecular formula is C12H13ClO2. The molecular weight excluding hydrogens is 212 g/mol. The van der Waals surface area contributed by atoms with E-state index in [1.54, 1.807) is 25.3 Å². The molecule has 0 bridgehead atoms. The SMILES string of the molecule is COc1ccc(C(=O)C2CCC2)cc1Cl. The van der Waals surface area contributed by atoms with Crippen molar-refractivity contribution in [1.82, 2.24) is 0 Å². The van der Waals surface area contributed by atoms with Gasteiger partial charge in [0.05, 0.1) is 12.1 Å². The smallest absolute Gasteiger partial charge is 0.165 e. The van der Waals surface area contributed by atoms with Gasteiger partial charge in [-0.3, -0.25) is 4.79 Å². The predicted octanol–water partition coefficient (Wildman–Crippen LogP) is 3.33. The molecule has 2 rings (SSSR count). The lowest BCUT2D eigenvalue weighted by Gasteiger charge is -2.23. The Balaban J connectivity index is 2.21. The zero-order valence-corrected chi connectivity index (χ0v) is 9.38. The van der Waals surface area contributed by atoms with Gasteiger partial charge in [0.15, 0.2) is 5.78 Å². The Bertz CT molecular complexity index is 383. The van der Waals surface area contributed by atoms with Crippen molar-refractivity contribution in [2.45, 2.75) is 19.3 Å². The van der Waals surface area contributed by atoms with Gasteiger partial charge in [-0.05, 0) is 31.0 Å². The number of benzene rings is 1. The molecule has 1 aliphatic rings. The summed E-state index contributed by atoms with van der Waals surface area (Å²) >= 11 is 5.96. The standard InChI is InChI=1S/C12H13ClO2/c1-15-11-6-5-9(7-10(11)13)12(14)8-3-2-4-8/h5-8H,2-4H2,1H3. The van der Waals surface area contributed by atoms with E-state index in [-0.39, 0.29) is 11.7 Å². The maximum absolute atomic E-state index is 11.9. The second-order valence-corrected chi connectivity index (χ2v) is 4.25. The molecule has 1 fully saturated rings. The van der Waals surface area contributed by atoms with Crippen molar-refractivity contribution in [3.05, 3.63) is 28.8 Å². The first kappa shape index (κ1) is 10.5. The third-order valence-corrected chi connectivity index (χ3v) is 3.21. The first-order valence-electron chi connectivity index (χ1n) is 5.10. The average Bonchev–Trinajstić information content (AvgIpc) is 2.15. The fourth-order valence-electron chi connectivity index (χ4n) is 1.73. The van der Waals surface area contributed by atoms with Gasteiger partial charge in [0.25, 0.3) is 0 Å². The van der Waals surface area contributed by atoms with E-state index in [4.69, 9.17) is 16.3 Å². The lowest BCUT2D eigenvalue weighted by molar-refractivity contribution is 0.0855. The van der Waals surface area contributed by atoms with Gasteiger partial charge in [0.1, 0.15) is 5.75 Å². The Hall–Kier alpha value is -1.02. The summed E-state index contributed by atoms with van der Waals surface area (Å²) in [7, 11) is 1.56. The average molecular weight is 225 g/mol. The normalized spacial score (nSPS) is 15.9. The molecule has 0 heterocycles. The molecule has 0 aliphatic heterocycles. The second kappa shape index (κ2) is 4.23. The quantitative estimate of drug-likeness (QED) is 0.737. The van der Waals surface area contributed by atoms with Crippen molar-refractivity contribution in [1.29, 1.82) is 0 Å². The molecule has 0 atom stereocenters. The monoisotopic (exact) mass is 224 g/mol. The molecule has 0 unspecified atom stereocenters. The molecule has 3 heteroatoms. The number of carbonyl (C=O) groups is 1. The summed E-state index contributed by atoms with van der Waals surface area (Å²) in [4.78, 5) is 11.9. The van der Waals surface area contributed by atoms with Crippen LogP contribution in [-0.4, -0.2) is 12.9 Å². The minimum absolute atomic E-state index is 0.214. The van der Waals surface area contributed by atoms with Crippen molar-refractivity contribution < 1.29 is 9.53 Å². The highest BCUT2D eigenvalue weighted by atomic mass is 35.5. The lowest BCUT2D eigenvalue weighted by Crippen LogP contribution is -2.21. The first-order valence-corrected chi connectivity index (χ1v) is 5.48. The highest BCUT2D eigenvalue weighted by Gasteiger charge is 2.26. The van der Waals surface area contributed by atoms with Gasteiger partial charge in [0, 0.05) is 11.5 Å². The summed E-state index contributed by atoms with van der Waals surface area (Å²) < 4.78 is 5.04. The largest absolute Gasteiger partial charge is 0.495 e. The molecule has 80 valence electrons. The zero-order valence-electron chi connectivity index (χ0n) is 8.63. The summed E-state index contributed by atoms with van der Waals surface area (Å²) in [6.07, 6.45) is 3.20. The number of ketones is 1. The third-order valence-electron chi connectivity index (χ3n) is 2.91. The van der Waals surface area contributed by atoms with E-state index < -0.39 is 0 Å². The van der Waals surface area contributed by atoms with Crippen LogP contribution < -0.4 is 4.74 Å². The van der Waals surface area contributed by atoms with Crippen LogP contribution in [0, 0.1) is 5.92 Å². The topological polar surface area (TPSA) is 26.3 Å². The first-order chi connectivity index (χ1) is 7.22. The van der Waals surface area contributed by atoms with Gasteiger partial charge in [-0.2, -0.15) is 0 Å². The Labute approximate surface area is 94.2 Å². The van der Waals surface area contributed by atoms with Crippen molar-refractivity contribution in [2.24, 2.45) is 5.92 Å². The minimum Gasteiger partial charge on any atom is -0.495 e. The van der Waals surface area contributed by atoms with E-state index in [0.717, 1.165) is 12.8 Å². The number of halogens is 1. The molecule has 0 radical (unpaired) electrons. The molecule has 1 aromatic carbocycles. The van der Waals surface area contributed by atoms with E-state index >= 15 is 0 Å². The zero-order chi connectivity index (χ0) is 10.8. The number of rotatable bonds is 3. The van der Waals surface area contributed by atoms with E-state index in [1.807, 2.05) is 0 Å². The molecule has 0 aromatic heterocycles. The Morgan fingerprint density at radius 2 is 2.20 bits per heavy atom. The summed E-state index contributed by atoms with van der Waals surface area (Å²) in [5.41, 5.74) is 0.700. The molecule has 15 heavy (non-hydrogen) atoms. The molecule has 0 saturated heterocycles. The van der Waals surface area contributed by atoms with Gasteiger partial charge in [-0.1, -0.05) is 18.0 Å². The number of carbonyl (C=O) groups excluding carboxylic acids is 1. The molecule has 0 amide bonds. The minimum atomic E-state index is 0.214. The van der Waals surface area contributed by atoms with Crippen LogP contribution >= 0.6 is 11.6 Å². The molecule has 1 saturated carbocycles. The Morgan fingerprint density at radius 3 is 2.67 bits per heavy atom. The number of hydrogen-bond acceptors (Lipinski definition) is 2. The highest BCUT2D eigenvalue weighted by molar-refractivity contribution is 6.32. The number of Topliss-reactive ketones (excluding diaryl/α,β-unsaturated/α-hetero) is 1. The van der Waals surface area contributed by atoms with Gasteiger partial charge >= 0.3 is 0 Å². The van der Waals surface area contributed by atoms with Crippen LogP contribution in [0.15, 0.2) is 18.2 Å². The van der Waals surface area contributed by atoms with Crippen LogP contribution in [0.4, 0.5) is 0 Å². The maximum atomic E-state index is 11.9. The van der Waals surface area contributed by atoms with Gasteiger partial charge in [-0.25, -0.2) is 0 Å². The fourth-order valence-corrected chi connectivity index (χ4v) is 1.98.